The number of hydrogen-bond donors (Lipinski definition) is 0. The second kappa shape index (κ2) is 8.64. The third-order valence-electron chi connectivity index (χ3n) is 4.32. The highest BCUT2D eigenvalue weighted by atomic mass is 35.7. The van der Waals surface area contributed by atoms with Crippen LogP contribution in [0.15, 0.2) is 48.8 Å². The molecule has 148 valence electrons. The normalized spacial score (nSPS) is 11.0. The maximum absolute atomic E-state index is 11.9. The highest BCUT2D eigenvalue weighted by molar-refractivity contribution is 5.70. The molecule has 0 radical (unpaired) electrons. The summed E-state index contributed by atoms with van der Waals surface area (Å²) in [6.07, 6.45) is 4.85. The Morgan fingerprint density at radius 2 is 1.29 bits per heavy atom. The number of imidazole rings is 1. The first-order chi connectivity index (χ1) is 13.0. The molecule has 0 saturated heterocycles. The summed E-state index contributed by atoms with van der Waals surface area (Å²) in [7, 11) is -4.94. The molecule has 0 amide bonds. The minimum atomic E-state index is -4.94. The quantitative estimate of drug-likeness (QED) is 0.411. The van der Waals surface area contributed by atoms with Gasteiger partial charge in [-0.2, -0.15) is 9.13 Å². The molecular formula is C20H21ClN2O5. The highest BCUT2D eigenvalue weighted by Gasteiger charge is 2.24. The van der Waals surface area contributed by atoms with Gasteiger partial charge in [0.15, 0.2) is 0 Å². The van der Waals surface area contributed by atoms with E-state index in [-0.39, 0.29) is 0 Å². The lowest BCUT2D eigenvalue weighted by Crippen LogP contribution is -2.68. The van der Waals surface area contributed by atoms with Crippen molar-refractivity contribution in [2.24, 2.45) is 0 Å². The monoisotopic (exact) mass is 404 g/mol. The number of rotatable bonds is 3. The Bertz CT molecular complexity index is 877. The van der Waals surface area contributed by atoms with Gasteiger partial charge in [0.05, 0.1) is 0 Å². The van der Waals surface area contributed by atoms with E-state index < -0.39 is 10.2 Å². The van der Waals surface area contributed by atoms with Crippen molar-refractivity contribution < 1.29 is 38.2 Å². The Hall–Kier alpha value is -2.55. The van der Waals surface area contributed by atoms with Gasteiger partial charge in [0.25, 0.3) is 0 Å². The number of halogens is 1. The van der Waals surface area contributed by atoms with Crippen molar-refractivity contribution in [2.45, 2.75) is 27.7 Å². The third kappa shape index (κ3) is 5.03. The Kier molecular flexibility index (Phi) is 6.71. The van der Waals surface area contributed by atoms with Crippen LogP contribution in [0.4, 0.5) is 0 Å². The molecule has 3 aromatic rings. The molecule has 0 aliphatic heterocycles. The van der Waals surface area contributed by atoms with E-state index in [2.05, 4.69) is 52.0 Å². The lowest BCUT2D eigenvalue weighted by molar-refractivity contribution is -2.00. The topological polar surface area (TPSA) is 118 Å². The van der Waals surface area contributed by atoms with Gasteiger partial charge in [-0.05, 0) is 49.9 Å². The van der Waals surface area contributed by atoms with Gasteiger partial charge >= 0.3 is 5.82 Å². The fourth-order valence-corrected chi connectivity index (χ4v) is 3.27. The molecule has 0 saturated carbocycles. The van der Waals surface area contributed by atoms with Crippen molar-refractivity contribution in [3.63, 3.8) is 0 Å². The Morgan fingerprint density at radius 1 is 0.857 bits per heavy atom. The maximum Gasteiger partial charge on any atom is 0.332 e. The molecule has 0 atom stereocenters. The van der Waals surface area contributed by atoms with Gasteiger partial charge in [-0.1, -0.05) is 36.4 Å². The van der Waals surface area contributed by atoms with Gasteiger partial charge in [0.2, 0.25) is 6.29 Å². The van der Waals surface area contributed by atoms with Crippen LogP contribution in [0.5, 0.6) is 0 Å². The molecule has 2 aromatic carbocycles. The molecular weight excluding hydrogens is 384 g/mol. The molecule has 3 rings (SSSR count). The lowest BCUT2D eigenvalue weighted by Gasteiger charge is -2.17. The summed E-state index contributed by atoms with van der Waals surface area (Å²) < 4.78 is 37.9. The molecule has 1 heterocycles. The molecule has 0 spiro atoms. The van der Waals surface area contributed by atoms with Gasteiger partial charge in [-0.15, -0.1) is 10.2 Å². The number of benzene rings is 2. The number of aryl methyl sites for hydroxylation is 4. The summed E-state index contributed by atoms with van der Waals surface area (Å²) >= 11 is 0. The van der Waals surface area contributed by atoms with Crippen molar-refractivity contribution in [3.8, 4) is 11.4 Å². The molecule has 0 aliphatic rings. The van der Waals surface area contributed by atoms with Gasteiger partial charge in [-0.3, -0.25) is 4.79 Å². The van der Waals surface area contributed by atoms with Crippen LogP contribution >= 0.6 is 0 Å². The van der Waals surface area contributed by atoms with Crippen molar-refractivity contribution in [3.05, 3.63) is 76.9 Å². The van der Waals surface area contributed by atoms with E-state index in [4.69, 9.17) is 18.6 Å². The molecule has 0 aliphatic carbocycles. The van der Waals surface area contributed by atoms with Crippen molar-refractivity contribution in [1.29, 1.82) is 0 Å². The summed E-state index contributed by atoms with van der Waals surface area (Å²) in [5, 5.41) is 0. The first kappa shape index (κ1) is 21.7. The maximum atomic E-state index is 11.9. The highest BCUT2D eigenvalue weighted by Crippen LogP contribution is 2.21. The van der Waals surface area contributed by atoms with Crippen molar-refractivity contribution >= 4 is 6.29 Å². The summed E-state index contributed by atoms with van der Waals surface area (Å²) in [6, 6.07) is 12.4. The van der Waals surface area contributed by atoms with E-state index in [1.165, 1.54) is 0 Å². The largest absolute Gasteiger partial charge is 0.332 e. The van der Waals surface area contributed by atoms with Crippen LogP contribution in [0, 0.1) is 37.9 Å². The molecule has 0 unspecified atom stereocenters. The van der Waals surface area contributed by atoms with E-state index in [0.29, 0.717) is 5.82 Å². The SMILES string of the molecule is Cc1cccc(C)c1-n1cc[n+](-c2c(C)cccc2C)c1C=O.[O-][Cl+3]([O-])([O-])[O-]. The summed E-state index contributed by atoms with van der Waals surface area (Å²) in [6.45, 7) is 8.28. The number of aromatic nitrogens is 2. The minimum Gasteiger partial charge on any atom is -0.289 e. The second-order valence-electron chi connectivity index (χ2n) is 6.37. The van der Waals surface area contributed by atoms with E-state index >= 15 is 0 Å². The first-order valence-corrected chi connectivity index (χ1v) is 9.61. The first-order valence-electron chi connectivity index (χ1n) is 8.37. The smallest absolute Gasteiger partial charge is 0.289 e. The predicted molar refractivity (Wildman–Crippen MR) is 91.6 cm³/mol. The minimum absolute atomic E-state index is 0.625. The van der Waals surface area contributed by atoms with Gasteiger partial charge in [0.1, 0.15) is 23.8 Å². The summed E-state index contributed by atoms with van der Waals surface area (Å²) in [5.74, 6) is 0.625. The number of nitrogens with zero attached hydrogens (tertiary/aromatic N) is 2. The summed E-state index contributed by atoms with van der Waals surface area (Å²) in [4.78, 5) is 11.9. The van der Waals surface area contributed by atoms with E-state index in [9.17, 15) is 4.79 Å². The zero-order valence-corrected chi connectivity index (χ0v) is 16.8. The summed E-state index contributed by atoms with van der Waals surface area (Å²) in [5.41, 5.74) is 6.74. The van der Waals surface area contributed by atoms with Gasteiger partial charge in [-0.25, -0.2) is 18.6 Å². The molecule has 8 heteroatoms. The fourth-order valence-electron chi connectivity index (χ4n) is 3.27. The van der Waals surface area contributed by atoms with Crippen molar-refractivity contribution in [2.75, 3.05) is 0 Å². The van der Waals surface area contributed by atoms with Crippen molar-refractivity contribution in [1.82, 2.24) is 4.57 Å². The average molecular weight is 405 g/mol. The zero-order chi connectivity index (χ0) is 21.1. The van der Waals surface area contributed by atoms with Crippen LogP contribution < -0.4 is 23.2 Å². The van der Waals surface area contributed by atoms with E-state index in [0.717, 1.165) is 39.9 Å². The van der Waals surface area contributed by atoms with E-state index in [1.807, 2.05) is 33.7 Å². The molecule has 0 fully saturated rings. The van der Waals surface area contributed by atoms with Gasteiger partial charge in [0, 0.05) is 0 Å². The number of aldehydes is 1. The number of hydrogen-bond acceptors (Lipinski definition) is 5. The van der Waals surface area contributed by atoms with Crippen LogP contribution in [-0.2, 0) is 0 Å². The molecule has 0 bridgehead atoms. The number of carbonyl (C=O) groups is 1. The van der Waals surface area contributed by atoms with Crippen LogP contribution in [0.25, 0.3) is 11.4 Å². The molecule has 1 aromatic heterocycles. The standard InChI is InChI=1S/C20H21N2O.ClHO4/c1-14-7-5-8-15(2)19(14)21-11-12-22(18(21)13-23)20-16(3)9-6-10-17(20)4;2-1(3,4)5/h5-13H,1-4H3;(H,2,3,4,5)/q+1;/p-1. The Labute approximate surface area is 165 Å². The Morgan fingerprint density at radius 3 is 1.71 bits per heavy atom. The number of para-hydroxylation sites is 2. The zero-order valence-electron chi connectivity index (χ0n) is 16.0. The average Bonchev–Trinajstić information content (AvgIpc) is 2.96. The molecule has 28 heavy (non-hydrogen) atoms. The second-order valence-corrected chi connectivity index (χ2v) is 7.13. The van der Waals surface area contributed by atoms with Gasteiger partial charge < -0.3 is 0 Å². The van der Waals surface area contributed by atoms with Crippen LogP contribution in [0.1, 0.15) is 32.9 Å². The van der Waals surface area contributed by atoms with Crippen LogP contribution in [0.2, 0.25) is 0 Å². The lowest BCUT2D eigenvalue weighted by atomic mass is 10.1. The predicted octanol–water partition coefficient (Wildman–Crippen LogP) is -0.956. The van der Waals surface area contributed by atoms with Crippen LogP contribution in [-0.4, -0.2) is 10.9 Å². The fraction of sp³-hybridized carbons (Fsp3) is 0.200. The van der Waals surface area contributed by atoms with E-state index in [1.54, 1.807) is 0 Å². The number of carbonyl (C=O) groups excluding carboxylic acids is 1. The molecule has 0 N–H and O–H groups in total. The van der Waals surface area contributed by atoms with Crippen LogP contribution in [0.3, 0.4) is 0 Å². The third-order valence-corrected chi connectivity index (χ3v) is 4.32. The Balaban J connectivity index is 0.000000500. The molecule has 7 nitrogen and oxygen atoms in total.